The van der Waals surface area contributed by atoms with Crippen molar-refractivity contribution in [2.24, 2.45) is 14.1 Å². The average molecular weight is 512 g/mol. The largest absolute Gasteiger partial charge is 0.334 e. The minimum atomic E-state index is -4.30. The van der Waals surface area contributed by atoms with E-state index >= 15 is 0 Å². The summed E-state index contributed by atoms with van der Waals surface area (Å²) in [5.41, 5.74) is 6.32. The quantitative estimate of drug-likeness (QED) is 0.520. The van der Waals surface area contributed by atoms with Crippen LogP contribution < -0.4 is 10.0 Å². The van der Waals surface area contributed by atoms with Crippen molar-refractivity contribution in [1.82, 2.24) is 29.2 Å². The molecule has 0 spiro atoms. The zero-order valence-electron chi connectivity index (χ0n) is 20.5. The third kappa shape index (κ3) is 4.36. The number of carbonyl (C=O) groups excluding carboxylic acids is 2. The first kappa shape index (κ1) is 24.0. The Morgan fingerprint density at radius 2 is 1.69 bits per heavy atom. The van der Waals surface area contributed by atoms with Gasteiger partial charge in [0, 0.05) is 39.1 Å². The second-order valence-electron chi connectivity index (χ2n) is 9.39. The molecule has 2 N–H and O–H groups in total. The lowest BCUT2D eigenvalue weighted by Crippen LogP contribution is -2.35. The Labute approximate surface area is 209 Å². The number of sulfonamides is 1. The van der Waals surface area contributed by atoms with E-state index in [1.54, 1.807) is 31.0 Å². The molecule has 2 aliphatic rings. The first-order valence-electron chi connectivity index (χ1n) is 11.9. The molecule has 0 radical (unpaired) electrons. The normalized spacial score (nSPS) is 14.4. The first-order chi connectivity index (χ1) is 17.1. The zero-order valence-corrected chi connectivity index (χ0v) is 21.4. The highest BCUT2D eigenvalue weighted by Crippen LogP contribution is 2.38. The van der Waals surface area contributed by atoms with E-state index in [0.717, 1.165) is 61.0 Å². The second-order valence-corrected chi connectivity index (χ2v) is 11.0. The van der Waals surface area contributed by atoms with E-state index in [4.69, 9.17) is 0 Å². The number of nitrogens with one attached hydrogen (secondary N) is 2. The summed E-state index contributed by atoms with van der Waals surface area (Å²) in [6, 6.07) is 4.37. The molecule has 1 aromatic carbocycles. The molecule has 3 amide bonds. The van der Waals surface area contributed by atoms with Crippen LogP contribution in [-0.2, 0) is 56.3 Å². The number of hydrogen-bond donors (Lipinski definition) is 2. The van der Waals surface area contributed by atoms with Gasteiger partial charge in [-0.15, -0.1) is 0 Å². The number of hydrogen-bond acceptors (Lipinski definition) is 6. The van der Waals surface area contributed by atoms with Crippen LogP contribution in [0.2, 0.25) is 0 Å². The van der Waals surface area contributed by atoms with Gasteiger partial charge in [0.1, 0.15) is 5.69 Å². The number of rotatable bonds is 6. The van der Waals surface area contributed by atoms with E-state index < -0.39 is 27.0 Å². The molecule has 11 nitrogen and oxygen atoms in total. The molecule has 2 heterocycles. The van der Waals surface area contributed by atoms with Gasteiger partial charge in [-0.2, -0.15) is 18.6 Å². The van der Waals surface area contributed by atoms with E-state index in [-0.39, 0.29) is 12.2 Å². The Morgan fingerprint density at radius 3 is 2.31 bits per heavy atom. The van der Waals surface area contributed by atoms with Gasteiger partial charge in [0.15, 0.2) is 5.03 Å². The van der Waals surface area contributed by atoms with Crippen LogP contribution >= 0.6 is 0 Å². The molecule has 2 aromatic heterocycles. The predicted molar refractivity (Wildman–Crippen MR) is 132 cm³/mol. The summed E-state index contributed by atoms with van der Waals surface area (Å²) in [5.74, 6) is -0.410. The Morgan fingerprint density at radius 1 is 1.03 bits per heavy atom. The van der Waals surface area contributed by atoms with Crippen LogP contribution in [0, 0.1) is 0 Å². The number of fused-ring (bicyclic) bond motifs is 2. The lowest BCUT2D eigenvalue weighted by molar-refractivity contribution is 0.0771. The van der Waals surface area contributed by atoms with Gasteiger partial charge in [-0.05, 0) is 66.8 Å². The third-order valence-electron chi connectivity index (χ3n) is 6.96. The highest BCUT2D eigenvalue weighted by atomic mass is 32.2. The molecule has 3 aromatic rings. The summed E-state index contributed by atoms with van der Waals surface area (Å²) in [7, 11) is 0.568. The van der Waals surface area contributed by atoms with Crippen LogP contribution in [0.3, 0.4) is 0 Å². The molecule has 190 valence electrons. The van der Waals surface area contributed by atoms with Gasteiger partial charge in [0.2, 0.25) is 0 Å². The molecule has 0 atom stereocenters. The second kappa shape index (κ2) is 9.08. The number of aryl methyl sites for hydroxylation is 4. The van der Waals surface area contributed by atoms with Gasteiger partial charge in [-0.3, -0.25) is 14.2 Å². The van der Waals surface area contributed by atoms with Crippen molar-refractivity contribution in [1.29, 1.82) is 0 Å². The van der Waals surface area contributed by atoms with E-state index in [0.29, 0.717) is 0 Å². The highest BCUT2D eigenvalue weighted by Gasteiger charge is 2.29. The maximum Gasteiger partial charge on any atom is 0.333 e. The zero-order chi connectivity index (χ0) is 25.6. The van der Waals surface area contributed by atoms with Crippen LogP contribution in [0.1, 0.15) is 51.3 Å². The Hall–Kier alpha value is -3.67. The summed E-state index contributed by atoms with van der Waals surface area (Å²) < 4.78 is 30.9. The standard InChI is InChI=1S/C24H29N7O4S/c1-29(14-17-10-11-25-30(17)2)23(32)20-13-21(27-31(20)3)36(34,35)28-24(33)26-22-18-8-4-6-15(18)12-16-7-5-9-19(16)22/h10-13H,4-9,14H2,1-3H3,(H2,26,28,33). The minimum absolute atomic E-state index is 0.0825. The summed E-state index contributed by atoms with van der Waals surface area (Å²) in [6.45, 7) is 0.287. The SMILES string of the molecule is CN(Cc1ccnn1C)C(=O)c1cc(S(=O)(=O)NC(=O)Nc2c3c(cc4c2CCC4)CCC3)nn1C. The summed E-state index contributed by atoms with van der Waals surface area (Å²) in [5, 5.41) is 10.5. The molecule has 0 saturated carbocycles. The fourth-order valence-corrected chi connectivity index (χ4v) is 6.02. The summed E-state index contributed by atoms with van der Waals surface area (Å²) in [4.78, 5) is 27.2. The number of anilines is 1. The van der Waals surface area contributed by atoms with E-state index in [1.807, 2.05) is 0 Å². The van der Waals surface area contributed by atoms with Gasteiger partial charge < -0.3 is 10.2 Å². The molecule has 0 fully saturated rings. The Kier molecular flexibility index (Phi) is 6.07. The number of aromatic nitrogens is 4. The molecule has 0 saturated heterocycles. The smallest absolute Gasteiger partial charge is 0.333 e. The monoisotopic (exact) mass is 511 g/mol. The fourth-order valence-electron chi connectivity index (χ4n) is 5.12. The van der Waals surface area contributed by atoms with Crippen molar-refractivity contribution < 1.29 is 18.0 Å². The van der Waals surface area contributed by atoms with Crippen LogP contribution in [0.4, 0.5) is 10.5 Å². The molecule has 0 aliphatic heterocycles. The summed E-state index contributed by atoms with van der Waals surface area (Å²) in [6.07, 6.45) is 7.34. The van der Waals surface area contributed by atoms with Crippen molar-refractivity contribution in [3.05, 3.63) is 58.0 Å². The van der Waals surface area contributed by atoms with E-state index in [2.05, 4.69) is 26.3 Å². The summed E-state index contributed by atoms with van der Waals surface area (Å²) >= 11 is 0. The number of carbonyl (C=O) groups is 2. The molecule has 36 heavy (non-hydrogen) atoms. The van der Waals surface area contributed by atoms with Crippen molar-refractivity contribution in [2.75, 3.05) is 12.4 Å². The van der Waals surface area contributed by atoms with Crippen LogP contribution in [0.25, 0.3) is 0 Å². The number of nitrogens with zero attached hydrogens (tertiary/aromatic N) is 5. The van der Waals surface area contributed by atoms with Crippen LogP contribution in [-0.4, -0.2) is 51.9 Å². The fraction of sp³-hybridized carbons (Fsp3) is 0.417. The Bertz CT molecular complexity index is 1440. The number of urea groups is 1. The maximum atomic E-state index is 13.0. The minimum Gasteiger partial charge on any atom is -0.334 e. The van der Waals surface area contributed by atoms with Gasteiger partial charge in [0.25, 0.3) is 15.9 Å². The first-order valence-corrected chi connectivity index (χ1v) is 13.4. The molecule has 0 unspecified atom stereocenters. The lowest BCUT2D eigenvalue weighted by atomic mass is 9.99. The van der Waals surface area contributed by atoms with Crippen molar-refractivity contribution in [2.45, 2.75) is 50.1 Å². The molecule has 2 aliphatic carbocycles. The third-order valence-corrected chi connectivity index (χ3v) is 8.16. The Balaban J connectivity index is 1.32. The molecule has 5 rings (SSSR count). The van der Waals surface area contributed by atoms with Gasteiger partial charge in [0.05, 0.1) is 12.2 Å². The number of amides is 3. The van der Waals surface area contributed by atoms with E-state index in [9.17, 15) is 18.0 Å². The lowest BCUT2D eigenvalue weighted by Gasteiger charge is -2.17. The number of benzene rings is 1. The average Bonchev–Trinajstić information content (AvgIpc) is 3.61. The van der Waals surface area contributed by atoms with Crippen LogP contribution in [0.15, 0.2) is 29.4 Å². The van der Waals surface area contributed by atoms with Crippen molar-refractivity contribution in [3.8, 4) is 0 Å². The van der Waals surface area contributed by atoms with Gasteiger partial charge in [-0.1, -0.05) is 6.07 Å². The van der Waals surface area contributed by atoms with Gasteiger partial charge >= 0.3 is 6.03 Å². The predicted octanol–water partition coefficient (Wildman–Crippen LogP) is 1.91. The van der Waals surface area contributed by atoms with Crippen LogP contribution in [0.5, 0.6) is 0 Å². The topological polar surface area (TPSA) is 131 Å². The maximum absolute atomic E-state index is 13.0. The van der Waals surface area contributed by atoms with Gasteiger partial charge in [-0.25, -0.2) is 9.52 Å². The molecular formula is C24H29N7O4S. The van der Waals surface area contributed by atoms with E-state index in [1.165, 1.54) is 33.8 Å². The molecule has 12 heteroatoms. The van der Waals surface area contributed by atoms with Crippen molar-refractivity contribution in [3.63, 3.8) is 0 Å². The highest BCUT2D eigenvalue weighted by molar-refractivity contribution is 7.90. The van der Waals surface area contributed by atoms with Crippen molar-refractivity contribution >= 4 is 27.6 Å². The molecular weight excluding hydrogens is 482 g/mol. The molecule has 0 bridgehead atoms.